The maximum atomic E-state index is 9.17. The molecule has 4 nitrogen and oxygen atoms in total. The second-order valence-electron chi connectivity index (χ2n) is 0.782. The van der Waals surface area contributed by atoms with Crippen molar-refractivity contribution in [3.8, 4) is 0 Å². The van der Waals surface area contributed by atoms with Crippen molar-refractivity contribution in [2.75, 3.05) is 0 Å². The fourth-order valence-corrected chi connectivity index (χ4v) is 0. The van der Waals surface area contributed by atoms with Crippen LogP contribution in [0.15, 0.2) is 0 Å². The topological polar surface area (TPSA) is 86.6 Å². The Kier molecular flexibility index (Phi) is 18.5. The molecule has 0 fully saturated rings. The zero-order chi connectivity index (χ0) is 5.15. The van der Waals surface area contributed by atoms with Gasteiger partial charge in [-0.2, -0.15) is 0 Å². The van der Waals surface area contributed by atoms with Gasteiger partial charge >= 0.3 is 66.1 Å². The van der Waals surface area contributed by atoms with Crippen molar-refractivity contribution >= 4 is 14.0 Å². The zero-order valence-corrected chi connectivity index (χ0v) is 8.87. The third-order valence-electron chi connectivity index (χ3n) is 0.243. The van der Waals surface area contributed by atoms with E-state index < -0.39 is 14.0 Å². The monoisotopic (exact) mass is 134 g/mol. The predicted molar refractivity (Wildman–Crippen MR) is 15.9 cm³/mol. The summed E-state index contributed by atoms with van der Waals surface area (Å²) in [6.07, 6.45) is 0. The Hall–Kier alpha value is 1.97. The maximum Gasteiger partial charge on any atom is 1.00 e. The van der Waals surface area contributed by atoms with E-state index in [1.165, 1.54) is 0 Å². The van der Waals surface area contributed by atoms with E-state index in [-0.39, 0.29) is 59.1 Å². The molecule has 0 unspecified atom stereocenters. The zero-order valence-electron chi connectivity index (χ0n) is 4.87. The van der Waals surface area contributed by atoms with Crippen LogP contribution in [-0.4, -0.2) is 24.1 Å². The Morgan fingerprint density at radius 2 is 1.12 bits per heavy atom. The second-order valence-corrected chi connectivity index (χ2v) is 0.782. The molecular weight excluding hydrogens is 132 g/mol. The molecule has 0 amide bonds. The average Bonchev–Trinajstić information content (AvgIpc) is 1.36. The van der Waals surface area contributed by atoms with Gasteiger partial charge in [0.15, 0.2) is 0 Å². The first-order valence-corrected chi connectivity index (χ1v) is 1.32. The molecule has 0 aliphatic rings. The molecule has 0 heterocycles. The summed E-state index contributed by atoms with van der Waals surface area (Å²) < 4.78 is 0. The first-order valence-electron chi connectivity index (χ1n) is 1.32. The molecule has 34 valence electrons. The summed E-state index contributed by atoms with van der Waals surface area (Å²) in [5.41, 5.74) is 0. The van der Waals surface area contributed by atoms with Crippen LogP contribution in [0.5, 0.6) is 0 Å². The van der Waals surface area contributed by atoms with E-state index in [1.54, 1.807) is 0 Å². The molecule has 8 heavy (non-hydrogen) atoms. The van der Waals surface area contributed by atoms with E-state index in [2.05, 4.69) is 0 Å². The predicted octanol–water partition coefficient (Wildman–Crippen LogP) is -10.2. The van der Waals surface area contributed by atoms with E-state index in [0.717, 1.165) is 0 Å². The molecule has 0 aliphatic heterocycles. The Bertz CT molecular complexity index is 33.0. The van der Waals surface area contributed by atoms with Gasteiger partial charge in [-0.15, -0.1) is 0 Å². The third kappa shape index (κ3) is 10.9. The van der Waals surface area contributed by atoms with E-state index in [0.29, 0.717) is 0 Å². The molecule has 0 saturated carbocycles. The average molecular weight is 134 g/mol. The normalized spacial score (nSPS) is 6.00. The van der Waals surface area contributed by atoms with Crippen molar-refractivity contribution in [1.82, 2.24) is 0 Å². The number of hydrogen-bond donors (Lipinski definition) is 2. The van der Waals surface area contributed by atoms with Crippen LogP contribution < -0.4 is 69.2 Å². The largest absolute Gasteiger partial charge is 1.00 e. The SMILES string of the molecule is [Na+].[Na+].[O-]B([O-])B(O)O. The fraction of sp³-hybridized carbons (Fsp3) is 0. The van der Waals surface area contributed by atoms with Gasteiger partial charge in [-0.3, -0.25) is 0 Å². The minimum absolute atomic E-state index is 0. The van der Waals surface area contributed by atoms with Crippen molar-refractivity contribution in [1.29, 1.82) is 0 Å². The van der Waals surface area contributed by atoms with Gasteiger partial charge in [-0.05, 0) is 0 Å². The molecule has 0 saturated heterocycles. The maximum absolute atomic E-state index is 9.17. The standard InChI is InChI=1S/B2H2O4.2Na/c3-1(4)2(5)6;;/h3-4H;;/q-2;2*+1. The van der Waals surface area contributed by atoms with Crippen molar-refractivity contribution in [2.24, 2.45) is 0 Å². The Balaban J connectivity index is -0.000000125. The van der Waals surface area contributed by atoms with Crippen LogP contribution in [0.25, 0.3) is 0 Å². The molecule has 8 heteroatoms. The van der Waals surface area contributed by atoms with Crippen molar-refractivity contribution in [2.45, 2.75) is 0 Å². The van der Waals surface area contributed by atoms with Crippen LogP contribution in [0.3, 0.4) is 0 Å². The smallest absolute Gasteiger partial charge is 0.894 e. The minimum Gasteiger partial charge on any atom is -0.894 e. The van der Waals surface area contributed by atoms with E-state index >= 15 is 0 Å². The molecule has 0 atom stereocenters. The minimum atomic E-state index is -2.54. The van der Waals surface area contributed by atoms with Gasteiger partial charge in [0.2, 0.25) is 0 Å². The Labute approximate surface area is 92.1 Å². The molecule has 0 radical (unpaired) electrons. The van der Waals surface area contributed by atoms with Crippen LogP contribution in [0.4, 0.5) is 0 Å². The molecule has 0 spiro atoms. The first kappa shape index (κ1) is 16.5. The van der Waals surface area contributed by atoms with Crippen molar-refractivity contribution < 1.29 is 79.2 Å². The third-order valence-corrected chi connectivity index (χ3v) is 0.243. The van der Waals surface area contributed by atoms with Crippen LogP contribution in [-0.2, 0) is 0 Å². The van der Waals surface area contributed by atoms with Gasteiger partial charge in [-0.1, -0.05) is 7.01 Å². The Morgan fingerprint density at radius 1 is 1.00 bits per heavy atom. The van der Waals surface area contributed by atoms with Gasteiger partial charge in [-0.25, -0.2) is 0 Å². The summed E-state index contributed by atoms with van der Waals surface area (Å²) >= 11 is 0. The van der Waals surface area contributed by atoms with Crippen LogP contribution >= 0.6 is 0 Å². The van der Waals surface area contributed by atoms with Gasteiger partial charge in [0.1, 0.15) is 0 Å². The number of hydrogen-bond acceptors (Lipinski definition) is 4. The van der Waals surface area contributed by atoms with Crippen LogP contribution in [0.2, 0.25) is 0 Å². The van der Waals surface area contributed by atoms with Crippen LogP contribution in [0.1, 0.15) is 0 Å². The summed E-state index contributed by atoms with van der Waals surface area (Å²) in [6, 6.07) is 0. The molecule has 0 rings (SSSR count). The summed E-state index contributed by atoms with van der Waals surface area (Å²) in [7, 11) is -4.80. The molecule has 2 N–H and O–H groups in total. The summed E-state index contributed by atoms with van der Waals surface area (Å²) in [5, 5.41) is 33.5. The Morgan fingerprint density at radius 3 is 1.12 bits per heavy atom. The van der Waals surface area contributed by atoms with E-state index in [9.17, 15) is 10.0 Å². The first-order chi connectivity index (χ1) is 2.64. The van der Waals surface area contributed by atoms with Gasteiger partial charge in [0.05, 0.1) is 0 Å². The molecule has 0 aromatic carbocycles. The summed E-state index contributed by atoms with van der Waals surface area (Å²) in [4.78, 5) is 0. The number of rotatable bonds is 1. The van der Waals surface area contributed by atoms with Crippen LogP contribution in [0, 0.1) is 0 Å². The molecule has 0 aromatic rings. The quantitative estimate of drug-likeness (QED) is 0.348. The van der Waals surface area contributed by atoms with Crippen molar-refractivity contribution in [3.63, 3.8) is 0 Å². The molecule has 0 aromatic heterocycles. The van der Waals surface area contributed by atoms with Crippen molar-refractivity contribution in [3.05, 3.63) is 0 Å². The summed E-state index contributed by atoms with van der Waals surface area (Å²) in [5.74, 6) is 0. The van der Waals surface area contributed by atoms with Gasteiger partial charge in [0.25, 0.3) is 0 Å². The van der Waals surface area contributed by atoms with Gasteiger partial charge in [0, 0.05) is 0 Å². The second kappa shape index (κ2) is 8.97. The van der Waals surface area contributed by atoms with E-state index in [1.807, 2.05) is 0 Å². The molecule has 0 bridgehead atoms. The molecular formula is H2B2Na2O4. The summed E-state index contributed by atoms with van der Waals surface area (Å²) in [6.45, 7) is 0. The van der Waals surface area contributed by atoms with Gasteiger partial charge < -0.3 is 20.1 Å². The molecule has 0 aliphatic carbocycles. The van der Waals surface area contributed by atoms with E-state index in [4.69, 9.17) is 10.0 Å². The fourth-order valence-electron chi connectivity index (χ4n) is 0.